The largest absolute Gasteiger partial charge is 0.350 e. The zero-order valence-electron chi connectivity index (χ0n) is 17.2. The highest BCUT2D eigenvalue weighted by Gasteiger charge is 2.23. The minimum absolute atomic E-state index is 0.192. The Morgan fingerprint density at radius 1 is 1.10 bits per heavy atom. The molecule has 7 nitrogen and oxygen atoms in total. The Balaban J connectivity index is 1.63. The Morgan fingerprint density at radius 2 is 1.90 bits per heavy atom. The Kier molecular flexibility index (Phi) is 5.43. The lowest BCUT2D eigenvalue weighted by atomic mass is 10.1. The van der Waals surface area contributed by atoms with E-state index in [1.807, 2.05) is 63.4 Å². The maximum absolute atomic E-state index is 13.3. The van der Waals surface area contributed by atoms with Gasteiger partial charge in [0, 0.05) is 37.1 Å². The highest BCUT2D eigenvalue weighted by Crippen LogP contribution is 2.24. The lowest BCUT2D eigenvalue weighted by molar-refractivity contribution is 0.0685. The molecule has 1 aromatic carbocycles. The normalized spacial score (nSPS) is 10.9. The first-order valence-corrected chi connectivity index (χ1v) is 9.72. The average Bonchev–Trinajstić information content (AvgIpc) is 3.36. The SMILES string of the molecule is Cc1cccnc1CN(Cc1ccccc1)C(=O)c1cc(-c2cnn(C)c2C)no1. The van der Waals surface area contributed by atoms with Crippen LogP contribution in [0.4, 0.5) is 0 Å². The van der Waals surface area contributed by atoms with Crippen LogP contribution >= 0.6 is 0 Å². The number of carbonyl (C=O) groups excluding carboxylic acids is 1. The number of amides is 1. The molecule has 0 bridgehead atoms. The third kappa shape index (κ3) is 4.00. The van der Waals surface area contributed by atoms with Gasteiger partial charge in [0.2, 0.25) is 5.76 Å². The van der Waals surface area contributed by atoms with Crippen molar-refractivity contribution >= 4 is 5.91 Å². The second-order valence-electron chi connectivity index (χ2n) is 7.26. The van der Waals surface area contributed by atoms with E-state index < -0.39 is 0 Å². The minimum Gasteiger partial charge on any atom is -0.350 e. The van der Waals surface area contributed by atoms with Crippen molar-refractivity contribution in [2.45, 2.75) is 26.9 Å². The molecule has 4 rings (SSSR count). The molecule has 0 aliphatic heterocycles. The molecule has 0 atom stereocenters. The van der Waals surface area contributed by atoms with E-state index in [1.54, 1.807) is 28.0 Å². The lowest BCUT2D eigenvalue weighted by Crippen LogP contribution is -2.30. The van der Waals surface area contributed by atoms with Crippen LogP contribution in [-0.2, 0) is 20.1 Å². The van der Waals surface area contributed by atoms with Crippen molar-refractivity contribution in [3.05, 3.63) is 89.2 Å². The summed E-state index contributed by atoms with van der Waals surface area (Å²) in [4.78, 5) is 19.5. The Hall–Kier alpha value is -3.74. The molecule has 0 spiro atoms. The molecule has 0 unspecified atom stereocenters. The molecule has 0 radical (unpaired) electrons. The number of benzene rings is 1. The fourth-order valence-corrected chi connectivity index (χ4v) is 3.28. The van der Waals surface area contributed by atoms with Gasteiger partial charge in [-0.1, -0.05) is 41.6 Å². The highest BCUT2D eigenvalue weighted by atomic mass is 16.5. The van der Waals surface area contributed by atoms with Gasteiger partial charge in [0.1, 0.15) is 5.69 Å². The zero-order chi connectivity index (χ0) is 21.1. The second kappa shape index (κ2) is 8.32. The van der Waals surface area contributed by atoms with Crippen molar-refractivity contribution in [2.75, 3.05) is 0 Å². The molecule has 3 aromatic heterocycles. The van der Waals surface area contributed by atoms with Gasteiger partial charge in [0.15, 0.2) is 0 Å². The van der Waals surface area contributed by atoms with Crippen LogP contribution in [-0.4, -0.2) is 30.7 Å². The Labute approximate surface area is 175 Å². The molecule has 0 saturated heterocycles. The van der Waals surface area contributed by atoms with Crippen molar-refractivity contribution in [1.82, 2.24) is 24.8 Å². The summed E-state index contributed by atoms with van der Waals surface area (Å²) in [6, 6.07) is 15.4. The summed E-state index contributed by atoms with van der Waals surface area (Å²) in [6.07, 6.45) is 3.46. The van der Waals surface area contributed by atoms with Crippen molar-refractivity contribution < 1.29 is 9.32 Å². The van der Waals surface area contributed by atoms with Crippen molar-refractivity contribution in [2.24, 2.45) is 7.05 Å². The standard InChI is InChI=1S/C23H23N5O2/c1-16-8-7-11-24-21(16)15-28(14-18-9-5-4-6-10-18)23(29)22-12-20(26-30-22)19-13-25-27(3)17(19)2/h4-13H,14-15H2,1-3H3. The molecule has 7 heteroatoms. The van der Waals surface area contributed by atoms with Crippen LogP contribution in [0.15, 0.2) is 65.4 Å². The first-order valence-electron chi connectivity index (χ1n) is 9.72. The summed E-state index contributed by atoms with van der Waals surface area (Å²) in [5.41, 5.74) is 5.31. The Bertz CT molecular complexity index is 1160. The number of hydrogen-bond donors (Lipinski definition) is 0. The summed E-state index contributed by atoms with van der Waals surface area (Å²) in [7, 11) is 1.86. The third-order valence-corrected chi connectivity index (χ3v) is 5.19. The number of rotatable bonds is 6. The van der Waals surface area contributed by atoms with E-state index in [0.29, 0.717) is 18.8 Å². The summed E-state index contributed by atoms with van der Waals surface area (Å²) >= 11 is 0. The Morgan fingerprint density at radius 3 is 2.60 bits per heavy atom. The highest BCUT2D eigenvalue weighted by molar-refractivity contribution is 5.92. The van der Waals surface area contributed by atoms with E-state index >= 15 is 0 Å². The van der Waals surface area contributed by atoms with Crippen molar-refractivity contribution in [1.29, 1.82) is 0 Å². The maximum atomic E-state index is 13.3. The van der Waals surface area contributed by atoms with Gasteiger partial charge in [-0.25, -0.2) is 0 Å². The molecular weight excluding hydrogens is 378 g/mol. The van der Waals surface area contributed by atoms with Crippen LogP contribution in [0.2, 0.25) is 0 Å². The number of aryl methyl sites for hydroxylation is 2. The topological polar surface area (TPSA) is 77.1 Å². The zero-order valence-corrected chi connectivity index (χ0v) is 17.2. The maximum Gasteiger partial charge on any atom is 0.293 e. The molecule has 152 valence electrons. The molecule has 0 aliphatic rings. The minimum atomic E-state index is -0.232. The predicted molar refractivity (Wildman–Crippen MR) is 112 cm³/mol. The van der Waals surface area contributed by atoms with Gasteiger partial charge < -0.3 is 9.42 Å². The van der Waals surface area contributed by atoms with Crippen LogP contribution in [0.3, 0.4) is 0 Å². The number of aromatic nitrogens is 4. The molecule has 3 heterocycles. The number of hydrogen-bond acceptors (Lipinski definition) is 5. The van der Waals surface area contributed by atoms with Crippen LogP contribution in [0.5, 0.6) is 0 Å². The summed E-state index contributed by atoms with van der Waals surface area (Å²) in [5.74, 6) is -0.0398. The molecule has 4 aromatic rings. The van der Waals surface area contributed by atoms with Crippen molar-refractivity contribution in [3.8, 4) is 11.3 Å². The van der Waals surface area contributed by atoms with Crippen molar-refractivity contribution in [3.63, 3.8) is 0 Å². The predicted octanol–water partition coefficient (Wildman–Crippen LogP) is 3.93. The number of carbonyl (C=O) groups is 1. The molecule has 0 aliphatic carbocycles. The van der Waals surface area contributed by atoms with E-state index in [2.05, 4.69) is 15.2 Å². The fraction of sp³-hybridized carbons (Fsp3) is 0.217. The van der Waals surface area contributed by atoms with Gasteiger partial charge in [0.05, 0.1) is 18.4 Å². The quantitative estimate of drug-likeness (QED) is 0.489. The molecule has 0 N–H and O–H groups in total. The van der Waals surface area contributed by atoms with Crippen LogP contribution in [0.25, 0.3) is 11.3 Å². The molecular formula is C23H23N5O2. The third-order valence-electron chi connectivity index (χ3n) is 5.19. The van der Waals surface area contributed by atoms with Crippen LogP contribution in [0, 0.1) is 13.8 Å². The van der Waals surface area contributed by atoms with Gasteiger partial charge in [-0.2, -0.15) is 5.10 Å². The monoisotopic (exact) mass is 401 g/mol. The van der Waals surface area contributed by atoms with Gasteiger partial charge >= 0.3 is 0 Å². The van der Waals surface area contributed by atoms with E-state index in [4.69, 9.17) is 4.52 Å². The second-order valence-corrected chi connectivity index (χ2v) is 7.26. The van der Waals surface area contributed by atoms with E-state index in [1.165, 1.54) is 0 Å². The number of pyridine rings is 1. The molecule has 0 fully saturated rings. The fourth-order valence-electron chi connectivity index (χ4n) is 3.28. The van der Waals surface area contributed by atoms with Crippen LogP contribution in [0.1, 0.15) is 33.1 Å². The summed E-state index contributed by atoms with van der Waals surface area (Å²) < 4.78 is 7.19. The summed E-state index contributed by atoms with van der Waals surface area (Å²) in [5, 5.41) is 8.34. The van der Waals surface area contributed by atoms with E-state index in [0.717, 1.165) is 28.1 Å². The van der Waals surface area contributed by atoms with Crippen LogP contribution < -0.4 is 0 Å². The van der Waals surface area contributed by atoms with Gasteiger partial charge in [-0.15, -0.1) is 0 Å². The first kappa shape index (κ1) is 19.6. The van der Waals surface area contributed by atoms with E-state index in [9.17, 15) is 4.79 Å². The van der Waals surface area contributed by atoms with Gasteiger partial charge in [-0.3, -0.25) is 14.5 Å². The molecule has 0 saturated carbocycles. The van der Waals surface area contributed by atoms with Gasteiger partial charge in [-0.05, 0) is 31.0 Å². The first-order chi connectivity index (χ1) is 14.5. The van der Waals surface area contributed by atoms with E-state index in [-0.39, 0.29) is 11.7 Å². The van der Waals surface area contributed by atoms with Gasteiger partial charge in [0.25, 0.3) is 5.91 Å². The average molecular weight is 401 g/mol. The number of nitrogens with zero attached hydrogens (tertiary/aromatic N) is 5. The molecule has 1 amide bonds. The molecule has 30 heavy (non-hydrogen) atoms. The summed E-state index contributed by atoms with van der Waals surface area (Å²) in [6.45, 7) is 4.76. The lowest BCUT2D eigenvalue weighted by Gasteiger charge is -2.22. The smallest absolute Gasteiger partial charge is 0.293 e.